The molecule has 0 aromatic heterocycles. The van der Waals surface area contributed by atoms with Crippen LogP contribution in [0.25, 0.3) is 0 Å². The summed E-state index contributed by atoms with van der Waals surface area (Å²) in [5, 5.41) is 3.72. The Morgan fingerprint density at radius 1 is 1.15 bits per heavy atom. The van der Waals surface area contributed by atoms with Gasteiger partial charge in [0.1, 0.15) is 5.75 Å². The van der Waals surface area contributed by atoms with Crippen molar-refractivity contribution < 1.29 is 19.1 Å². The molecule has 1 N–H and O–H groups in total. The first-order valence-corrected chi connectivity index (χ1v) is 9.18. The average molecular weight is 410 g/mol. The zero-order chi connectivity index (χ0) is 19.8. The van der Waals surface area contributed by atoms with Gasteiger partial charge < -0.3 is 14.8 Å². The van der Waals surface area contributed by atoms with Gasteiger partial charge in [-0.25, -0.2) is 0 Å². The van der Waals surface area contributed by atoms with Gasteiger partial charge in [0.25, 0.3) is 5.91 Å². The molecule has 27 heavy (non-hydrogen) atoms. The predicted molar refractivity (Wildman–Crippen MR) is 105 cm³/mol. The monoisotopic (exact) mass is 409 g/mol. The number of hydrogen-bond donors (Lipinski definition) is 1. The summed E-state index contributed by atoms with van der Waals surface area (Å²) >= 11 is 12.0. The molecule has 0 saturated heterocycles. The number of benzene rings is 2. The Labute approximate surface area is 168 Å². The van der Waals surface area contributed by atoms with Crippen molar-refractivity contribution in [1.82, 2.24) is 5.32 Å². The van der Waals surface area contributed by atoms with E-state index in [1.54, 1.807) is 32.2 Å². The van der Waals surface area contributed by atoms with Crippen LogP contribution in [0.3, 0.4) is 0 Å². The van der Waals surface area contributed by atoms with Crippen molar-refractivity contribution in [1.29, 1.82) is 0 Å². The lowest BCUT2D eigenvalue weighted by atomic mass is 10.1. The highest BCUT2D eigenvalue weighted by molar-refractivity contribution is 6.35. The molecule has 0 fully saturated rings. The lowest BCUT2D eigenvalue weighted by Gasteiger charge is -2.16. The number of para-hydroxylation sites is 1. The molecule has 0 radical (unpaired) electrons. The van der Waals surface area contributed by atoms with Crippen LogP contribution >= 0.6 is 23.2 Å². The van der Waals surface area contributed by atoms with E-state index in [0.29, 0.717) is 16.5 Å². The molecular formula is C20H21Cl2NO4. The van der Waals surface area contributed by atoms with Crippen LogP contribution in [0, 0.1) is 0 Å². The highest BCUT2D eigenvalue weighted by Crippen LogP contribution is 2.26. The molecule has 1 amide bonds. The number of hydrogen-bond acceptors (Lipinski definition) is 4. The fraction of sp³-hybridized carbons (Fsp3) is 0.300. The average Bonchev–Trinajstić information content (AvgIpc) is 2.64. The molecule has 0 aliphatic rings. The van der Waals surface area contributed by atoms with Crippen LogP contribution < -0.4 is 10.1 Å². The van der Waals surface area contributed by atoms with Crippen molar-refractivity contribution in [2.75, 3.05) is 13.7 Å². The lowest BCUT2D eigenvalue weighted by molar-refractivity contribution is -0.148. The van der Waals surface area contributed by atoms with Crippen molar-refractivity contribution in [3.63, 3.8) is 0 Å². The third-order valence-electron chi connectivity index (χ3n) is 3.96. The molecule has 2 aromatic carbocycles. The largest absolute Gasteiger partial charge is 0.496 e. The summed E-state index contributed by atoms with van der Waals surface area (Å²) in [6.07, 6.45) is 0.632. The molecule has 0 bridgehead atoms. The normalized spacial score (nSPS) is 11.6. The van der Waals surface area contributed by atoms with Gasteiger partial charge in [0, 0.05) is 16.5 Å². The molecule has 1 atom stereocenters. The van der Waals surface area contributed by atoms with Gasteiger partial charge in [0.2, 0.25) is 0 Å². The van der Waals surface area contributed by atoms with Gasteiger partial charge in [-0.05, 0) is 42.7 Å². The maximum Gasteiger partial charge on any atom is 0.306 e. The Balaban J connectivity index is 1.78. The fourth-order valence-electron chi connectivity index (χ4n) is 2.58. The summed E-state index contributed by atoms with van der Waals surface area (Å²) in [6, 6.07) is 12.2. The smallest absolute Gasteiger partial charge is 0.306 e. The molecular weight excluding hydrogens is 389 g/mol. The SMILES string of the molecule is COc1ccccc1CCC(=O)OCC(=O)N[C@H](C)c1ccc(Cl)cc1Cl. The Kier molecular flexibility index (Phi) is 7.95. The van der Waals surface area contributed by atoms with Crippen LogP contribution in [0.4, 0.5) is 0 Å². The van der Waals surface area contributed by atoms with Crippen molar-refractivity contribution in [2.24, 2.45) is 0 Å². The molecule has 0 aliphatic heterocycles. The standard InChI is InChI=1S/C20H21Cl2NO4/c1-13(16-9-8-15(21)11-17(16)22)23-19(24)12-27-20(25)10-7-14-5-3-4-6-18(14)26-2/h3-6,8-9,11,13H,7,10,12H2,1-2H3,(H,23,24)/t13-/m1/s1. The number of aryl methyl sites for hydroxylation is 1. The number of carbonyl (C=O) groups excluding carboxylic acids is 2. The molecule has 0 aliphatic carbocycles. The number of amides is 1. The van der Waals surface area contributed by atoms with Crippen molar-refractivity contribution in [2.45, 2.75) is 25.8 Å². The van der Waals surface area contributed by atoms with E-state index in [9.17, 15) is 9.59 Å². The van der Waals surface area contributed by atoms with Crippen LogP contribution in [-0.2, 0) is 20.7 Å². The van der Waals surface area contributed by atoms with E-state index < -0.39 is 11.9 Å². The highest BCUT2D eigenvalue weighted by Gasteiger charge is 2.15. The van der Waals surface area contributed by atoms with Gasteiger partial charge in [0.05, 0.1) is 13.2 Å². The minimum Gasteiger partial charge on any atom is -0.496 e. The van der Waals surface area contributed by atoms with Gasteiger partial charge in [-0.15, -0.1) is 0 Å². The fourth-order valence-corrected chi connectivity index (χ4v) is 3.15. The van der Waals surface area contributed by atoms with E-state index in [4.69, 9.17) is 32.7 Å². The third kappa shape index (κ3) is 6.45. The molecule has 0 spiro atoms. The van der Waals surface area contributed by atoms with Crippen LogP contribution in [0.2, 0.25) is 10.0 Å². The molecule has 144 valence electrons. The molecule has 0 saturated carbocycles. The third-order valence-corrected chi connectivity index (χ3v) is 4.52. The number of methoxy groups -OCH3 is 1. The quantitative estimate of drug-likeness (QED) is 0.657. The second-order valence-electron chi connectivity index (χ2n) is 5.93. The van der Waals surface area contributed by atoms with Crippen LogP contribution in [0.1, 0.15) is 30.5 Å². The van der Waals surface area contributed by atoms with Gasteiger partial charge in [-0.2, -0.15) is 0 Å². The summed E-state index contributed by atoms with van der Waals surface area (Å²) in [6.45, 7) is 1.44. The van der Waals surface area contributed by atoms with Crippen molar-refractivity contribution in [3.05, 3.63) is 63.6 Å². The summed E-state index contributed by atoms with van der Waals surface area (Å²) in [7, 11) is 1.58. The number of carbonyl (C=O) groups is 2. The lowest BCUT2D eigenvalue weighted by Crippen LogP contribution is -2.31. The Bertz CT molecular complexity index is 810. The van der Waals surface area contributed by atoms with Crippen LogP contribution in [0.15, 0.2) is 42.5 Å². The maximum absolute atomic E-state index is 12.0. The van der Waals surface area contributed by atoms with Crippen LogP contribution in [-0.4, -0.2) is 25.6 Å². The molecule has 2 aromatic rings. The second kappa shape index (κ2) is 10.2. The Hall–Kier alpha value is -2.24. The number of ether oxygens (including phenoxy) is 2. The Morgan fingerprint density at radius 3 is 2.59 bits per heavy atom. The zero-order valence-corrected chi connectivity index (χ0v) is 16.6. The van der Waals surface area contributed by atoms with Crippen molar-refractivity contribution in [3.8, 4) is 5.75 Å². The number of esters is 1. The van der Waals surface area contributed by atoms with E-state index in [1.807, 2.05) is 24.3 Å². The molecule has 0 heterocycles. The minimum atomic E-state index is -0.451. The number of halogens is 2. The minimum absolute atomic E-state index is 0.159. The molecule has 2 rings (SSSR count). The Morgan fingerprint density at radius 2 is 1.89 bits per heavy atom. The van der Waals surface area contributed by atoms with Gasteiger partial charge >= 0.3 is 5.97 Å². The van der Waals surface area contributed by atoms with Gasteiger partial charge in [-0.1, -0.05) is 47.5 Å². The summed E-state index contributed by atoms with van der Waals surface area (Å²) in [4.78, 5) is 23.9. The van der Waals surface area contributed by atoms with E-state index in [0.717, 1.165) is 16.9 Å². The first-order valence-electron chi connectivity index (χ1n) is 8.42. The van der Waals surface area contributed by atoms with E-state index >= 15 is 0 Å². The van der Waals surface area contributed by atoms with Crippen LogP contribution in [0.5, 0.6) is 5.75 Å². The summed E-state index contributed by atoms with van der Waals surface area (Å²) in [5.74, 6) is -0.135. The second-order valence-corrected chi connectivity index (χ2v) is 6.77. The summed E-state index contributed by atoms with van der Waals surface area (Å²) in [5.41, 5.74) is 1.64. The maximum atomic E-state index is 12.0. The number of nitrogens with one attached hydrogen (secondary N) is 1. The highest BCUT2D eigenvalue weighted by atomic mass is 35.5. The first kappa shape index (κ1) is 21.1. The van der Waals surface area contributed by atoms with Crippen molar-refractivity contribution >= 4 is 35.1 Å². The first-order chi connectivity index (χ1) is 12.9. The molecule has 5 nitrogen and oxygen atoms in total. The van der Waals surface area contributed by atoms with E-state index in [-0.39, 0.29) is 19.1 Å². The van der Waals surface area contributed by atoms with Gasteiger partial charge in [0.15, 0.2) is 6.61 Å². The van der Waals surface area contributed by atoms with E-state index in [1.165, 1.54) is 0 Å². The number of rotatable bonds is 8. The van der Waals surface area contributed by atoms with E-state index in [2.05, 4.69) is 5.32 Å². The topological polar surface area (TPSA) is 64.6 Å². The molecule has 0 unspecified atom stereocenters. The zero-order valence-electron chi connectivity index (χ0n) is 15.1. The van der Waals surface area contributed by atoms with Gasteiger partial charge in [-0.3, -0.25) is 9.59 Å². The summed E-state index contributed by atoms with van der Waals surface area (Å²) < 4.78 is 10.3. The predicted octanol–water partition coefficient (Wildman–Crippen LogP) is 4.36. The molecule has 7 heteroatoms.